The van der Waals surface area contributed by atoms with Crippen LogP contribution in [0.4, 0.5) is 0 Å². The van der Waals surface area contributed by atoms with Crippen molar-refractivity contribution in [3.63, 3.8) is 0 Å². The molecule has 2 aromatic carbocycles. The van der Waals surface area contributed by atoms with Crippen molar-refractivity contribution >= 4 is 23.5 Å². The van der Waals surface area contributed by atoms with Crippen LogP contribution in [0.3, 0.4) is 0 Å². The molecule has 9 nitrogen and oxygen atoms in total. The SMILES string of the molecule is CCCc1c(OCCCCCOc2ccc(C(=O)CCC(=O)O)cc2CCC(=O)O)ccc2c1OCCC2=O. The first kappa shape index (κ1) is 29.7. The molecule has 2 aromatic rings. The van der Waals surface area contributed by atoms with E-state index in [-0.39, 0.29) is 37.2 Å². The molecule has 0 aliphatic carbocycles. The highest BCUT2D eigenvalue weighted by molar-refractivity contribution is 6.00. The number of rotatable bonds is 17. The number of hydrogen-bond acceptors (Lipinski definition) is 7. The lowest BCUT2D eigenvalue weighted by Crippen LogP contribution is -2.17. The van der Waals surface area contributed by atoms with Crippen LogP contribution in [0, 0.1) is 0 Å². The molecule has 0 amide bonds. The van der Waals surface area contributed by atoms with Crippen LogP contribution in [0.25, 0.3) is 0 Å². The van der Waals surface area contributed by atoms with Crippen molar-refractivity contribution in [3.05, 3.63) is 52.6 Å². The average Bonchev–Trinajstić information content (AvgIpc) is 2.91. The van der Waals surface area contributed by atoms with E-state index in [4.69, 9.17) is 24.4 Å². The van der Waals surface area contributed by atoms with Crippen molar-refractivity contribution in [3.8, 4) is 17.2 Å². The van der Waals surface area contributed by atoms with Crippen LogP contribution >= 0.6 is 0 Å². The molecule has 1 aliphatic heterocycles. The van der Waals surface area contributed by atoms with E-state index >= 15 is 0 Å². The normalized spacial score (nSPS) is 12.4. The third-order valence-electron chi connectivity index (χ3n) is 6.45. The molecule has 9 heteroatoms. The lowest BCUT2D eigenvalue weighted by Gasteiger charge is -2.22. The Kier molecular flexibility index (Phi) is 11.3. The Balaban J connectivity index is 1.49. The van der Waals surface area contributed by atoms with Crippen LogP contribution < -0.4 is 14.2 Å². The lowest BCUT2D eigenvalue weighted by atomic mass is 9.98. The highest BCUT2D eigenvalue weighted by Crippen LogP contribution is 2.36. The van der Waals surface area contributed by atoms with Gasteiger partial charge in [-0.05, 0) is 68.0 Å². The van der Waals surface area contributed by atoms with Crippen LogP contribution in [-0.2, 0) is 22.4 Å². The lowest BCUT2D eigenvalue weighted by molar-refractivity contribution is -0.137. The summed E-state index contributed by atoms with van der Waals surface area (Å²) in [6.07, 6.45) is 4.20. The van der Waals surface area contributed by atoms with Crippen LogP contribution in [0.15, 0.2) is 30.3 Å². The second-order valence-corrected chi connectivity index (χ2v) is 9.48. The largest absolute Gasteiger partial charge is 0.493 e. The van der Waals surface area contributed by atoms with Gasteiger partial charge < -0.3 is 24.4 Å². The van der Waals surface area contributed by atoms with Gasteiger partial charge in [-0.1, -0.05) is 13.3 Å². The average molecular weight is 541 g/mol. The topological polar surface area (TPSA) is 136 Å². The Labute approximate surface area is 228 Å². The first-order valence-corrected chi connectivity index (χ1v) is 13.5. The minimum atomic E-state index is -1.05. The van der Waals surface area contributed by atoms with E-state index < -0.39 is 11.9 Å². The Morgan fingerprint density at radius 3 is 2.26 bits per heavy atom. The molecule has 0 spiro atoms. The van der Waals surface area contributed by atoms with Gasteiger partial charge in [-0.15, -0.1) is 0 Å². The molecule has 0 bridgehead atoms. The summed E-state index contributed by atoms with van der Waals surface area (Å²) >= 11 is 0. The highest BCUT2D eigenvalue weighted by Gasteiger charge is 2.23. The zero-order chi connectivity index (χ0) is 28.2. The molecule has 3 rings (SSSR count). The third-order valence-corrected chi connectivity index (χ3v) is 6.45. The molecule has 0 aromatic heterocycles. The first-order valence-electron chi connectivity index (χ1n) is 13.5. The predicted molar refractivity (Wildman–Crippen MR) is 143 cm³/mol. The Bertz CT molecular complexity index is 1190. The Morgan fingerprint density at radius 1 is 0.872 bits per heavy atom. The minimum absolute atomic E-state index is 0.102. The molecule has 1 aliphatic rings. The van der Waals surface area contributed by atoms with E-state index in [0.29, 0.717) is 54.4 Å². The van der Waals surface area contributed by atoms with Gasteiger partial charge in [-0.3, -0.25) is 19.2 Å². The third kappa shape index (κ3) is 8.84. The molecule has 0 unspecified atom stereocenters. The van der Waals surface area contributed by atoms with E-state index in [0.717, 1.165) is 43.4 Å². The summed E-state index contributed by atoms with van der Waals surface area (Å²) in [7, 11) is 0. The van der Waals surface area contributed by atoms with Gasteiger partial charge in [0.2, 0.25) is 0 Å². The fourth-order valence-corrected chi connectivity index (χ4v) is 4.44. The Hall–Kier alpha value is -3.88. The van der Waals surface area contributed by atoms with E-state index in [1.54, 1.807) is 24.3 Å². The number of aliphatic carboxylic acids is 2. The van der Waals surface area contributed by atoms with Crippen LogP contribution in [0.2, 0.25) is 0 Å². The molecular weight excluding hydrogens is 504 g/mol. The molecule has 0 atom stereocenters. The number of unbranched alkanes of at least 4 members (excludes halogenated alkanes) is 2. The molecule has 1 heterocycles. The zero-order valence-electron chi connectivity index (χ0n) is 22.3. The molecule has 39 heavy (non-hydrogen) atoms. The summed E-state index contributed by atoms with van der Waals surface area (Å²) in [5.41, 5.74) is 2.54. The first-order chi connectivity index (χ1) is 18.8. The fourth-order valence-electron chi connectivity index (χ4n) is 4.44. The van der Waals surface area contributed by atoms with Crippen LogP contribution in [0.1, 0.15) is 90.1 Å². The summed E-state index contributed by atoms with van der Waals surface area (Å²) in [5.74, 6) is -0.271. The number of carboxylic acid groups (broad SMARTS) is 2. The van der Waals surface area contributed by atoms with E-state index in [1.165, 1.54) is 0 Å². The number of benzene rings is 2. The molecular formula is C30H36O9. The van der Waals surface area contributed by atoms with Gasteiger partial charge >= 0.3 is 11.9 Å². The minimum Gasteiger partial charge on any atom is -0.493 e. The molecule has 210 valence electrons. The van der Waals surface area contributed by atoms with Crippen LogP contribution in [0.5, 0.6) is 17.2 Å². The smallest absolute Gasteiger partial charge is 0.303 e. The number of aryl methyl sites for hydroxylation is 1. The highest BCUT2D eigenvalue weighted by atomic mass is 16.5. The maximum Gasteiger partial charge on any atom is 0.303 e. The monoisotopic (exact) mass is 540 g/mol. The molecule has 0 saturated heterocycles. The fraction of sp³-hybridized carbons (Fsp3) is 0.467. The Morgan fingerprint density at radius 2 is 1.56 bits per heavy atom. The van der Waals surface area contributed by atoms with E-state index in [1.807, 2.05) is 6.07 Å². The van der Waals surface area contributed by atoms with Gasteiger partial charge in [-0.2, -0.15) is 0 Å². The van der Waals surface area contributed by atoms with Crippen molar-refractivity contribution in [1.29, 1.82) is 0 Å². The second-order valence-electron chi connectivity index (χ2n) is 9.48. The van der Waals surface area contributed by atoms with Gasteiger partial charge in [-0.25, -0.2) is 0 Å². The maximum absolute atomic E-state index is 12.3. The quantitative estimate of drug-likeness (QED) is 0.202. The van der Waals surface area contributed by atoms with Gasteiger partial charge in [0, 0.05) is 30.4 Å². The predicted octanol–water partition coefficient (Wildman–Crippen LogP) is 5.30. The van der Waals surface area contributed by atoms with Crippen molar-refractivity contribution in [2.45, 2.75) is 71.1 Å². The van der Waals surface area contributed by atoms with Gasteiger partial charge in [0.1, 0.15) is 17.2 Å². The molecule has 0 radical (unpaired) electrons. The standard InChI is InChI=1S/C30H36O9/c1-2-6-23-27(12-9-22-25(32)15-18-39-30(22)23)38-17-5-3-4-16-37-26-11-7-20(24(31)10-14-29(35)36)19-21(26)8-13-28(33)34/h7,9,11-12,19H,2-6,8,10,13-18H2,1H3,(H,33,34)(H,35,36). The van der Waals surface area contributed by atoms with Crippen molar-refractivity contribution in [1.82, 2.24) is 0 Å². The second kappa shape index (κ2) is 14.9. The number of ketones is 2. The van der Waals surface area contributed by atoms with Crippen molar-refractivity contribution < 1.29 is 43.6 Å². The number of carbonyl (C=O) groups is 4. The summed E-state index contributed by atoms with van der Waals surface area (Å²) in [5, 5.41) is 17.9. The van der Waals surface area contributed by atoms with Gasteiger partial charge in [0.15, 0.2) is 11.6 Å². The van der Waals surface area contributed by atoms with Crippen LogP contribution in [-0.4, -0.2) is 53.5 Å². The zero-order valence-corrected chi connectivity index (χ0v) is 22.3. The number of Topliss-reactive ketones (excluding diaryl/α,β-unsaturated/α-hetero) is 2. The number of fused-ring (bicyclic) bond motifs is 1. The number of carboxylic acids is 2. The van der Waals surface area contributed by atoms with Gasteiger partial charge in [0.05, 0.1) is 31.8 Å². The molecule has 0 saturated carbocycles. The summed E-state index contributed by atoms with van der Waals surface area (Å²) < 4.78 is 17.8. The molecule has 2 N–H and O–H groups in total. The summed E-state index contributed by atoms with van der Waals surface area (Å²) in [6.45, 7) is 3.41. The number of hydrogen-bond donors (Lipinski definition) is 2. The molecule has 0 fully saturated rings. The van der Waals surface area contributed by atoms with Gasteiger partial charge in [0.25, 0.3) is 0 Å². The number of ether oxygens (including phenoxy) is 3. The number of carbonyl (C=O) groups excluding carboxylic acids is 2. The maximum atomic E-state index is 12.3. The van der Waals surface area contributed by atoms with E-state index in [2.05, 4.69) is 6.92 Å². The summed E-state index contributed by atoms with van der Waals surface area (Å²) in [6, 6.07) is 8.47. The van der Waals surface area contributed by atoms with Crippen molar-refractivity contribution in [2.24, 2.45) is 0 Å². The van der Waals surface area contributed by atoms with Crippen molar-refractivity contribution in [2.75, 3.05) is 19.8 Å². The summed E-state index contributed by atoms with van der Waals surface area (Å²) in [4.78, 5) is 46.3. The van der Waals surface area contributed by atoms with E-state index in [9.17, 15) is 19.2 Å².